The second-order valence-electron chi connectivity index (χ2n) is 17.4. The van der Waals surface area contributed by atoms with Crippen molar-refractivity contribution < 1.29 is 37.3 Å². The topological polar surface area (TPSA) is 91.3 Å². The molecule has 1 N–H and O–H groups in total. The number of hydrogen-bond donors (Lipinski definition) is 1. The molecule has 0 rings (SSSR count). The summed E-state index contributed by atoms with van der Waals surface area (Å²) in [5, 5.41) is 0. The summed E-state index contributed by atoms with van der Waals surface area (Å²) in [5.41, 5.74) is 0. The highest BCUT2D eigenvalue weighted by Gasteiger charge is 2.26. The Morgan fingerprint density at radius 3 is 1.26 bits per heavy atom. The average Bonchev–Trinajstić information content (AvgIpc) is 3.27. The Hall–Kier alpha value is -3.10. The van der Waals surface area contributed by atoms with Gasteiger partial charge in [-0.25, -0.2) is 4.57 Å². The molecule has 0 bridgehead atoms. The van der Waals surface area contributed by atoms with Crippen LogP contribution in [-0.4, -0.2) is 75.6 Å². The molecule has 2 atom stereocenters. The molecule has 9 heteroatoms. The van der Waals surface area contributed by atoms with Crippen LogP contribution in [-0.2, 0) is 27.9 Å². The summed E-state index contributed by atoms with van der Waals surface area (Å²) < 4.78 is 35.1. The highest BCUT2D eigenvalue weighted by atomic mass is 31.2. The number of rotatable bonds is 45. The van der Waals surface area contributed by atoms with Crippen LogP contribution in [0, 0.1) is 0 Å². The van der Waals surface area contributed by atoms with Crippen LogP contribution in [0.1, 0.15) is 168 Å². The first kappa shape index (κ1) is 61.9. The maximum atomic E-state index is 12.8. The van der Waals surface area contributed by atoms with Crippen molar-refractivity contribution in [1.29, 1.82) is 0 Å². The molecule has 0 aromatic heterocycles. The molecule has 0 aliphatic heterocycles. The number of quaternary nitrogens is 1. The lowest BCUT2D eigenvalue weighted by molar-refractivity contribution is -0.870. The Balaban J connectivity index is 4.29. The molecule has 0 aromatic rings. The third-order valence-corrected chi connectivity index (χ3v) is 11.0. The molecule has 0 saturated heterocycles. The Bertz CT molecular complexity index is 1450. The van der Waals surface area contributed by atoms with Crippen molar-refractivity contribution in [2.24, 2.45) is 0 Å². The molecule has 0 radical (unpaired) electrons. The summed E-state index contributed by atoms with van der Waals surface area (Å²) in [7, 11) is 1.61. The summed E-state index contributed by atoms with van der Waals surface area (Å²) in [6.45, 7) is 5.29. The second kappa shape index (κ2) is 47.4. The van der Waals surface area contributed by atoms with E-state index in [-0.39, 0.29) is 32.2 Å². The van der Waals surface area contributed by atoms with Crippen LogP contribution >= 0.6 is 7.82 Å². The van der Waals surface area contributed by atoms with Crippen LogP contribution in [0.4, 0.5) is 0 Å². The number of carbonyl (C=O) groups excluding carboxylic acids is 1. The Kier molecular flexibility index (Phi) is 45.1. The highest BCUT2D eigenvalue weighted by molar-refractivity contribution is 7.47. The molecule has 370 valence electrons. The van der Waals surface area contributed by atoms with Gasteiger partial charge in [-0.15, -0.1) is 0 Å². The molecule has 0 heterocycles. The van der Waals surface area contributed by atoms with Crippen molar-refractivity contribution in [3.8, 4) is 0 Å². The van der Waals surface area contributed by atoms with Crippen molar-refractivity contribution in [2.75, 3.05) is 54.1 Å². The summed E-state index contributed by atoms with van der Waals surface area (Å²) in [5.74, 6) is -0.363. The quantitative estimate of drug-likeness (QED) is 0.0214. The van der Waals surface area contributed by atoms with Gasteiger partial charge in [0, 0.05) is 13.0 Å². The first-order chi connectivity index (χ1) is 31.6. The minimum atomic E-state index is -4.31. The highest BCUT2D eigenvalue weighted by Crippen LogP contribution is 2.43. The van der Waals surface area contributed by atoms with E-state index in [2.05, 4.69) is 135 Å². The van der Waals surface area contributed by atoms with E-state index in [1.807, 2.05) is 21.1 Å². The van der Waals surface area contributed by atoms with E-state index < -0.39 is 13.9 Å². The van der Waals surface area contributed by atoms with Gasteiger partial charge in [-0.3, -0.25) is 13.8 Å². The van der Waals surface area contributed by atoms with E-state index in [0.29, 0.717) is 24.1 Å². The summed E-state index contributed by atoms with van der Waals surface area (Å²) >= 11 is 0. The first-order valence-corrected chi connectivity index (χ1v) is 26.8. The number of unbranched alkanes of at least 4 members (excludes halogenated alkanes) is 11. The number of esters is 1. The second-order valence-corrected chi connectivity index (χ2v) is 18.9. The van der Waals surface area contributed by atoms with Gasteiger partial charge in [0.2, 0.25) is 0 Å². The van der Waals surface area contributed by atoms with Gasteiger partial charge >= 0.3 is 13.8 Å². The van der Waals surface area contributed by atoms with E-state index in [1.54, 1.807) is 0 Å². The lowest BCUT2D eigenvalue weighted by Crippen LogP contribution is -2.37. The predicted octanol–water partition coefficient (Wildman–Crippen LogP) is 15.7. The van der Waals surface area contributed by atoms with Gasteiger partial charge in [0.1, 0.15) is 19.3 Å². The summed E-state index contributed by atoms with van der Waals surface area (Å²) in [6.07, 6.45) is 68.2. The smallest absolute Gasteiger partial charge is 0.457 e. The normalized spacial score (nSPS) is 14.6. The van der Waals surface area contributed by atoms with Gasteiger partial charge in [-0.05, 0) is 103 Å². The molecule has 0 aliphatic rings. The fraction of sp³-hybridized carbons (Fsp3) is 0.625. The molecule has 0 saturated carbocycles. The molecular formula is C56H95NO7P+. The molecule has 8 nitrogen and oxygen atoms in total. The fourth-order valence-electron chi connectivity index (χ4n) is 6.19. The van der Waals surface area contributed by atoms with Crippen LogP contribution in [0.5, 0.6) is 0 Å². The van der Waals surface area contributed by atoms with Gasteiger partial charge in [-0.1, -0.05) is 180 Å². The van der Waals surface area contributed by atoms with Gasteiger partial charge in [-0.2, -0.15) is 0 Å². The number of phosphoric acid groups is 1. The van der Waals surface area contributed by atoms with Crippen LogP contribution in [0.15, 0.2) is 122 Å². The monoisotopic (exact) mass is 925 g/mol. The minimum Gasteiger partial charge on any atom is -0.457 e. The molecule has 65 heavy (non-hydrogen) atoms. The molecule has 0 amide bonds. The first-order valence-electron chi connectivity index (χ1n) is 25.3. The zero-order valence-electron chi connectivity index (χ0n) is 41.9. The van der Waals surface area contributed by atoms with Gasteiger partial charge in [0.15, 0.2) is 0 Å². The van der Waals surface area contributed by atoms with Gasteiger partial charge in [0.05, 0.1) is 34.4 Å². The number of hydrogen-bond acceptors (Lipinski definition) is 6. The number of allylic oxidation sites excluding steroid dienone is 20. The number of likely N-dealkylation sites (N-methyl/N-ethyl adjacent to an activating group) is 1. The summed E-state index contributed by atoms with van der Waals surface area (Å²) in [4.78, 5) is 23.0. The van der Waals surface area contributed by atoms with Crippen LogP contribution in [0.2, 0.25) is 0 Å². The van der Waals surface area contributed by atoms with Crippen molar-refractivity contribution in [2.45, 2.75) is 174 Å². The Morgan fingerprint density at radius 2 is 0.846 bits per heavy atom. The van der Waals surface area contributed by atoms with E-state index in [9.17, 15) is 14.3 Å². The van der Waals surface area contributed by atoms with Crippen molar-refractivity contribution in [1.82, 2.24) is 0 Å². The SMILES string of the molecule is CC/C=C\C/C=C\C/C=C\C/C=C\C/C=C\C/C=C\CCCCC(=O)OC(COCCCCCCCCCCC/C=C\C/C=C\C/C=C\C/C=C\CC)COP(=O)(O)OCC[N+](C)(C)C. The van der Waals surface area contributed by atoms with Crippen molar-refractivity contribution >= 4 is 13.8 Å². The number of nitrogens with zero attached hydrogens (tertiary/aromatic N) is 1. The molecule has 0 spiro atoms. The third-order valence-electron chi connectivity index (χ3n) is 10.0. The lowest BCUT2D eigenvalue weighted by atomic mass is 10.1. The summed E-state index contributed by atoms with van der Waals surface area (Å²) in [6, 6.07) is 0. The molecular weight excluding hydrogens is 830 g/mol. The fourth-order valence-corrected chi connectivity index (χ4v) is 6.93. The van der Waals surface area contributed by atoms with Crippen LogP contribution in [0.3, 0.4) is 0 Å². The molecule has 2 unspecified atom stereocenters. The standard InChI is InChI=1S/C56H94NO7P/c1-6-8-10-12-14-16-18-20-22-24-26-28-30-32-34-36-38-40-42-44-46-48-51-61-53-55(54-63-65(59,60)62-52-50-57(3,4)5)64-56(58)49-47-45-43-41-39-37-35-33-31-29-27-25-23-21-19-17-15-13-11-9-7-2/h8-11,14-17,20-23,26-29,33,35,39,41,55H,6-7,12-13,18-19,24-25,30-32,34,36-38,40,42-54H2,1-5H3/p+1/b10-8-,11-9-,16-14-,17-15-,22-20-,23-21-,28-26-,29-27-,35-33-,41-39-. The van der Waals surface area contributed by atoms with Gasteiger partial charge in [0.25, 0.3) is 0 Å². The maximum Gasteiger partial charge on any atom is 0.472 e. The number of phosphoric ester groups is 1. The average molecular weight is 925 g/mol. The molecule has 0 aliphatic carbocycles. The zero-order chi connectivity index (χ0) is 47.6. The molecule has 0 fully saturated rings. The zero-order valence-corrected chi connectivity index (χ0v) is 42.8. The predicted molar refractivity (Wildman–Crippen MR) is 279 cm³/mol. The third kappa shape index (κ3) is 51.7. The van der Waals surface area contributed by atoms with Gasteiger partial charge < -0.3 is 18.9 Å². The van der Waals surface area contributed by atoms with Crippen LogP contribution in [0.25, 0.3) is 0 Å². The number of carbonyl (C=O) groups is 1. The van der Waals surface area contributed by atoms with E-state index >= 15 is 0 Å². The van der Waals surface area contributed by atoms with E-state index in [4.69, 9.17) is 18.5 Å². The Labute approximate surface area is 399 Å². The van der Waals surface area contributed by atoms with E-state index in [1.165, 1.54) is 51.4 Å². The maximum absolute atomic E-state index is 12.8. The van der Waals surface area contributed by atoms with Crippen molar-refractivity contribution in [3.63, 3.8) is 0 Å². The number of ether oxygens (including phenoxy) is 2. The molecule has 0 aromatic carbocycles. The van der Waals surface area contributed by atoms with Crippen LogP contribution < -0.4 is 0 Å². The lowest BCUT2D eigenvalue weighted by Gasteiger charge is -2.24. The largest absolute Gasteiger partial charge is 0.472 e. The Morgan fingerprint density at radius 1 is 0.477 bits per heavy atom. The van der Waals surface area contributed by atoms with Crippen molar-refractivity contribution in [3.05, 3.63) is 122 Å². The van der Waals surface area contributed by atoms with E-state index in [0.717, 1.165) is 89.9 Å². The minimum absolute atomic E-state index is 0.0711.